The van der Waals surface area contributed by atoms with Crippen molar-refractivity contribution in [1.82, 2.24) is 9.80 Å². The Morgan fingerprint density at radius 1 is 0.562 bits per heavy atom. The quantitative estimate of drug-likeness (QED) is 0.488. The van der Waals surface area contributed by atoms with Crippen LogP contribution in [0.25, 0.3) is 0 Å². The average molecular weight is 437 g/mol. The molecule has 0 aromatic heterocycles. The molecule has 2 fully saturated rings. The summed E-state index contributed by atoms with van der Waals surface area (Å²) in [7, 11) is 0. The van der Waals surface area contributed by atoms with Crippen LogP contribution in [0.1, 0.15) is 25.7 Å². The molecule has 0 spiro atoms. The molecule has 2 saturated heterocycles. The minimum absolute atomic E-state index is 0.407. The van der Waals surface area contributed by atoms with Crippen molar-refractivity contribution in [1.29, 1.82) is 0 Å². The van der Waals surface area contributed by atoms with E-state index in [1.807, 2.05) is 36.5 Å². The lowest BCUT2D eigenvalue weighted by Crippen LogP contribution is -2.35. The van der Waals surface area contributed by atoms with Gasteiger partial charge in [0.1, 0.15) is 0 Å². The summed E-state index contributed by atoms with van der Waals surface area (Å²) >= 11 is 0. The molecule has 0 radical (unpaired) electrons. The Hall–Kier alpha value is -2.70. The number of carbonyl (C=O) groups excluding carboxylic acids is 2. The van der Waals surface area contributed by atoms with Gasteiger partial charge in [-0.05, 0) is 25.0 Å². The highest BCUT2D eigenvalue weighted by molar-refractivity contribution is 6.49. The number of Topliss-reactive ketones (excluding diaryl/α,β-unsaturated/α-hetero) is 2. The fraction of sp³-hybridized carbons (Fsp3) is 0.462. The zero-order valence-electron chi connectivity index (χ0n) is 18.6. The average Bonchev–Trinajstić information content (AvgIpc) is 2.80. The number of nitrogens with zero attached hydrogens (tertiary/aromatic N) is 2. The highest BCUT2D eigenvalue weighted by Crippen LogP contribution is 2.21. The molecule has 0 aromatic carbocycles. The molecule has 170 valence electrons. The van der Waals surface area contributed by atoms with E-state index >= 15 is 0 Å². The van der Waals surface area contributed by atoms with Crippen molar-refractivity contribution >= 4 is 11.6 Å². The van der Waals surface area contributed by atoms with E-state index < -0.39 is 11.6 Å². The van der Waals surface area contributed by atoms with Crippen molar-refractivity contribution < 1.29 is 19.1 Å². The van der Waals surface area contributed by atoms with Gasteiger partial charge < -0.3 is 19.3 Å². The number of ether oxygens (including phenoxy) is 2. The second kappa shape index (κ2) is 11.2. The topological polar surface area (TPSA) is 59.1 Å². The number of morpholine rings is 2. The lowest BCUT2D eigenvalue weighted by molar-refractivity contribution is -0.132. The van der Waals surface area contributed by atoms with Gasteiger partial charge in [0.25, 0.3) is 0 Å². The molecule has 0 saturated carbocycles. The van der Waals surface area contributed by atoms with E-state index in [0.29, 0.717) is 24.0 Å². The maximum Gasteiger partial charge on any atom is 0.229 e. The molecule has 4 aliphatic rings. The minimum Gasteiger partial charge on any atom is -0.378 e. The predicted molar refractivity (Wildman–Crippen MR) is 124 cm³/mol. The van der Waals surface area contributed by atoms with Crippen LogP contribution in [0.4, 0.5) is 0 Å². The van der Waals surface area contributed by atoms with Crippen molar-refractivity contribution in [3.8, 4) is 0 Å². The van der Waals surface area contributed by atoms with E-state index in [4.69, 9.17) is 9.47 Å². The lowest BCUT2D eigenvalue weighted by Gasteiger charge is -2.31. The van der Waals surface area contributed by atoms with Gasteiger partial charge >= 0.3 is 0 Å². The Morgan fingerprint density at radius 3 is 1.34 bits per heavy atom. The maximum atomic E-state index is 13.1. The summed E-state index contributed by atoms with van der Waals surface area (Å²) in [6.45, 7) is 6.29. The molecule has 4 rings (SSSR count). The molecular formula is C26H32N2O4. The van der Waals surface area contributed by atoms with E-state index in [0.717, 1.165) is 76.8 Å². The van der Waals surface area contributed by atoms with Crippen LogP contribution >= 0.6 is 0 Å². The maximum absolute atomic E-state index is 13.1. The van der Waals surface area contributed by atoms with E-state index in [9.17, 15) is 9.59 Å². The van der Waals surface area contributed by atoms with Gasteiger partial charge in [-0.3, -0.25) is 9.59 Å². The first-order chi connectivity index (χ1) is 15.7. The Morgan fingerprint density at radius 2 is 0.938 bits per heavy atom. The molecule has 6 heteroatoms. The Labute approximate surface area is 190 Å². The molecule has 32 heavy (non-hydrogen) atoms. The number of carbonyl (C=O) groups is 2. The monoisotopic (exact) mass is 436 g/mol. The van der Waals surface area contributed by atoms with Crippen LogP contribution in [-0.2, 0) is 19.1 Å². The molecule has 2 aliphatic carbocycles. The van der Waals surface area contributed by atoms with Crippen molar-refractivity contribution in [3.05, 3.63) is 71.1 Å². The fourth-order valence-corrected chi connectivity index (χ4v) is 4.29. The number of hydrogen-bond donors (Lipinski definition) is 0. The highest BCUT2D eigenvalue weighted by Gasteiger charge is 2.23. The zero-order valence-corrected chi connectivity index (χ0v) is 18.6. The molecule has 0 aromatic rings. The molecule has 0 atom stereocenters. The standard InChI is InChI=1S/C26H32N2O4/c29-25(21-5-1-3-7-23(11-9-21)27-13-17-31-18-14-27)26(30)22-6-2-4-8-24(12-10-22)28-15-19-32-20-16-28/h1-4,9-12H,5-8,13-20H2. The summed E-state index contributed by atoms with van der Waals surface area (Å²) in [6.07, 6.45) is 18.4. The second-order valence-corrected chi connectivity index (χ2v) is 8.32. The van der Waals surface area contributed by atoms with Crippen molar-refractivity contribution in [2.45, 2.75) is 25.7 Å². The molecule has 0 N–H and O–H groups in total. The van der Waals surface area contributed by atoms with Crippen LogP contribution in [0.2, 0.25) is 0 Å². The Kier molecular flexibility index (Phi) is 7.91. The molecular weight excluding hydrogens is 404 g/mol. The minimum atomic E-state index is -0.407. The van der Waals surface area contributed by atoms with E-state index in [1.165, 1.54) is 0 Å². The Bertz CT molecular complexity index is 821. The van der Waals surface area contributed by atoms with Crippen LogP contribution in [0.3, 0.4) is 0 Å². The van der Waals surface area contributed by atoms with Gasteiger partial charge in [0.15, 0.2) is 0 Å². The highest BCUT2D eigenvalue weighted by atomic mass is 16.5. The Balaban J connectivity index is 1.50. The lowest BCUT2D eigenvalue weighted by atomic mass is 9.94. The number of allylic oxidation sites excluding steroid dienone is 10. The zero-order chi connectivity index (χ0) is 22.2. The van der Waals surface area contributed by atoms with Gasteiger partial charge in [0.05, 0.1) is 26.4 Å². The molecule has 2 aliphatic heterocycles. The first kappa shape index (κ1) is 22.5. The van der Waals surface area contributed by atoms with Crippen LogP contribution in [0.5, 0.6) is 0 Å². The summed E-state index contributed by atoms with van der Waals surface area (Å²) in [4.78, 5) is 30.8. The molecule has 0 unspecified atom stereocenters. The third-order valence-corrected chi connectivity index (χ3v) is 6.24. The van der Waals surface area contributed by atoms with E-state index in [2.05, 4.69) is 22.0 Å². The van der Waals surface area contributed by atoms with E-state index in [1.54, 1.807) is 0 Å². The second-order valence-electron chi connectivity index (χ2n) is 8.32. The number of rotatable bonds is 5. The molecule has 6 nitrogen and oxygen atoms in total. The van der Waals surface area contributed by atoms with Gasteiger partial charge in [-0.15, -0.1) is 0 Å². The third kappa shape index (κ3) is 5.75. The molecule has 2 heterocycles. The number of ketones is 2. The van der Waals surface area contributed by atoms with Crippen LogP contribution < -0.4 is 0 Å². The summed E-state index contributed by atoms with van der Waals surface area (Å²) in [5.41, 5.74) is 3.41. The normalized spacial score (nSPS) is 22.5. The van der Waals surface area contributed by atoms with E-state index in [-0.39, 0.29) is 0 Å². The summed E-state index contributed by atoms with van der Waals surface area (Å²) in [6, 6.07) is 0. The third-order valence-electron chi connectivity index (χ3n) is 6.24. The first-order valence-corrected chi connectivity index (χ1v) is 11.6. The molecule has 0 bridgehead atoms. The van der Waals surface area contributed by atoms with Gasteiger partial charge in [0.2, 0.25) is 11.6 Å². The molecule has 0 amide bonds. The summed E-state index contributed by atoms with van der Waals surface area (Å²) in [5.74, 6) is -0.814. The first-order valence-electron chi connectivity index (χ1n) is 11.6. The van der Waals surface area contributed by atoms with Gasteiger partial charge in [-0.1, -0.05) is 36.5 Å². The van der Waals surface area contributed by atoms with Crippen molar-refractivity contribution in [3.63, 3.8) is 0 Å². The summed E-state index contributed by atoms with van der Waals surface area (Å²) < 4.78 is 10.9. The van der Waals surface area contributed by atoms with Crippen molar-refractivity contribution in [2.24, 2.45) is 0 Å². The fourth-order valence-electron chi connectivity index (χ4n) is 4.29. The van der Waals surface area contributed by atoms with Gasteiger partial charge in [-0.2, -0.15) is 0 Å². The van der Waals surface area contributed by atoms with Crippen LogP contribution in [0.15, 0.2) is 71.1 Å². The van der Waals surface area contributed by atoms with Crippen molar-refractivity contribution in [2.75, 3.05) is 52.6 Å². The van der Waals surface area contributed by atoms with Gasteiger partial charge in [-0.25, -0.2) is 0 Å². The smallest absolute Gasteiger partial charge is 0.229 e. The van der Waals surface area contributed by atoms with Crippen LogP contribution in [-0.4, -0.2) is 74.0 Å². The summed E-state index contributed by atoms with van der Waals surface area (Å²) in [5, 5.41) is 0. The predicted octanol–water partition coefficient (Wildman–Crippen LogP) is 3.11. The SMILES string of the molecule is O=C(C(=O)C1=CC=C(N2CCOCC2)CC=CC1)C1=CC=C(N2CCOCC2)CC=CC1. The van der Waals surface area contributed by atoms with Gasteiger partial charge in [0, 0.05) is 61.6 Å². The van der Waals surface area contributed by atoms with Crippen LogP contribution in [0, 0.1) is 0 Å². The largest absolute Gasteiger partial charge is 0.378 e. The number of hydrogen-bond acceptors (Lipinski definition) is 6.